The van der Waals surface area contributed by atoms with Crippen LogP contribution in [-0.4, -0.2) is 40.0 Å². The SMILES string of the molecule is BC(=O)NCCOCCN. The van der Waals surface area contributed by atoms with Gasteiger partial charge in [-0.3, -0.25) is 4.79 Å². The average Bonchev–Trinajstić information content (AvgIpc) is 1.87. The van der Waals surface area contributed by atoms with E-state index in [2.05, 4.69) is 5.32 Å². The zero-order valence-electron chi connectivity index (χ0n) is 6.22. The van der Waals surface area contributed by atoms with E-state index >= 15 is 0 Å². The normalized spacial score (nSPS) is 9.30. The second kappa shape index (κ2) is 6.57. The third-order valence-corrected chi connectivity index (χ3v) is 0.883. The minimum Gasteiger partial charge on any atom is -0.378 e. The van der Waals surface area contributed by atoms with Crippen molar-refractivity contribution in [3.63, 3.8) is 0 Å². The summed E-state index contributed by atoms with van der Waals surface area (Å²) in [6, 6.07) is 0. The van der Waals surface area contributed by atoms with Gasteiger partial charge in [0.15, 0.2) is 5.81 Å². The summed E-state index contributed by atoms with van der Waals surface area (Å²) >= 11 is 0. The molecule has 0 radical (unpaired) electrons. The Morgan fingerprint density at radius 1 is 1.60 bits per heavy atom. The molecule has 58 valence electrons. The van der Waals surface area contributed by atoms with Crippen molar-refractivity contribution in [1.29, 1.82) is 0 Å². The summed E-state index contributed by atoms with van der Waals surface area (Å²) in [5.41, 5.74) is 5.16. The lowest BCUT2D eigenvalue weighted by Crippen LogP contribution is -2.26. The molecule has 0 saturated carbocycles. The van der Waals surface area contributed by atoms with Gasteiger partial charge in [0.05, 0.1) is 13.2 Å². The minimum absolute atomic E-state index is 0.0312. The van der Waals surface area contributed by atoms with Crippen LogP contribution in [-0.2, 0) is 4.74 Å². The molecule has 0 aromatic rings. The topological polar surface area (TPSA) is 64.3 Å². The monoisotopic (exact) mass is 144 g/mol. The van der Waals surface area contributed by atoms with Gasteiger partial charge in [0.1, 0.15) is 0 Å². The highest BCUT2D eigenvalue weighted by atomic mass is 16.5. The van der Waals surface area contributed by atoms with E-state index in [9.17, 15) is 4.79 Å². The number of nitrogens with two attached hydrogens (primary N) is 1. The molecule has 0 aliphatic carbocycles. The number of carbonyl (C=O) groups is 1. The first-order chi connectivity index (χ1) is 4.77. The minimum atomic E-state index is -0.0312. The van der Waals surface area contributed by atoms with Crippen LogP contribution in [0.1, 0.15) is 0 Å². The average molecular weight is 144 g/mol. The van der Waals surface area contributed by atoms with Crippen LogP contribution in [0, 0.1) is 0 Å². The number of hydrogen-bond donors (Lipinski definition) is 2. The van der Waals surface area contributed by atoms with Crippen LogP contribution >= 0.6 is 0 Å². The van der Waals surface area contributed by atoms with E-state index in [1.807, 2.05) is 0 Å². The standard InChI is InChI=1S/C5H13BN2O2/c6-5(9)8-2-4-10-3-1-7/h1-4,6-7H2,(H,8,9). The van der Waals surface area contributed by atoms with Crippen LogP contribution in [0.5, 0.6) is 0 Å². The van der Waals surface area contributed by atoms with E-state index in [0.717, 1.165) is 0 Å². The van der Waals surface area contributed by atoms with Crippen molar-refractivity contribution in [2.24, 2.45) is 5.73 Å². The van der Waals surface area contributed by atoms with Gasteiger partial charge >= 0.3 is 0 Å². The number of carbonyl (C=O) groups excluding carboxylic acids is 1. The van der Waals surface area contributed by atoms with Crippen molar-refractivity contribution in [3.05, 3.63) is 0 Å². The molecule has 0 bridgehead atoms. The van der Waals surface area contributed by atoms with Gasteiger partial charge in [-0.2, -0.15) is 0 Å². The Morgan fingerprint density at radius 2 is 2.30 bits per heavy atom. The summed E-state index contributed by atoms with van der Waals surface area (Å²) in [6.45, 7) is 2.19. The summed E-state index contributed by atoms with van der Waals surface area (Å²) in [7, 11) is 1.48. The van der Waals surface area contributed by atoms with E-state index in [1.54, 1.807) is 0 Å². The predicted octanol–water partition coefficient (Wildman–Crippen LogP) is -1.70. The van der Waals surface area contributed by atoms with Crippen LogP contribution < -0.4 is 11.1 Å². The molecule has 10 heavy (non-hydrogen) atoms. The van der Waals surface area contributed by atoms with E-state index < -0.39 is 0 Å². The number of nitrogens with one attached hydrogen (secondary N) is 1. The summed E-state index contributed by atoms with van der Waals surface area (Å²) in [5.74, 6) is -0.0312. The molecular weight excluding hydrogens is 131 g/mol. The smallest absolute Gasteiger partial charge is 0.215 e. The largest absolute Gasteiger partial charge is 0.378 e. The number of rotatable bonds is 5. The van der Waals surface area contributed by atoms with Crippen molar-refractivity contribution >= 4 is 13.7 Å². The molecule has 0 unspecified atom stereocenters. The van der Waals surface area contributed by atoms with Gasteiger partial charge in [0.25, 0.3) is 0 Å². The Morgan fingerprint density at radius 3 is 2.80 bits per heavy atom. The van der Waals surface area contributed by atoms with Gasteiger partial charge in [-0.05, 0) is 0 Å². The lowest BCUT2D eigenvalue weighted by molar-refractivity contribution is 0.145. The summed E-state index contributed by atoms with van der Waals surface area (Å²) < 4.78 is 4.99. The third kappa shape index (κ3) is 7.45. The Bertz CT molecular complexity index is 99.6. The molecule has 0 fully saturated rings. The summed E-state index contributed by atoms with van der Waals surface area (Å²) in [4.78, 5) is 10.3. The molecule has 5 heteroatoms. The Labute approximate surface area is 61.5 Å². The van der Waals surface area contributed by atoms with Crippen LogP contribution in [0.3, 0.4) is 0 Å². The molecule has 0 aromatic heterocycles. The molecule has 0 saturated heterocycles. The van der Waals surface area contributed by atoms with E-state index in [1.165, 1.54) is 7.85 Å². The fourth-order valence-electron chi connectivity index (χ4n) is 0.485. The van der Waals surface area contributed by atoms with Gasteiger partial charge in [0, 0.05) is 13.1 Å². The highest BCUT2D eigenvalue weighted by molar-refractivity contribution is 6.57. The molecule has 0 spiro atoms. The summed E-state index contributed by atoms with van der Waals surface area (Å²) in [6.07, 6.45) is 0. The Kier molecular flexibility index (Phi) is 6.21. The molecule has 1 amide bonds. The third-order valence-electron chi connectivity index (χ3n) is 0.883. The second-order valence-corrected chi connectivity index (χ2v) is 1.88. The van der Waals surface area contributed by atoms with E-state index in [4.69, 9.17) is 10.5 Å². The first-order valence-electron chi connectivity index (χ1n) is 3.29. The lowest BCUT2D eigenvalue weighted by atomic mass is 10.1. The van der Waals surface area contributed by atoms with E-state index in [-0.39, 0.29) is 5.81 Å². The highest BCUT2D eigenvalue weighted by Crippen LogP contribution is 1.69. The number of amides is 1. The van der Waals surface area contributed by atoms with Crippen molar-refractivity contribution < 1.29 is 9.53 Å². The van der Waals surface area contributed by atoms with Crippen LogP contribution in [0.25, 0.3) is 0 Å². The molecule has 3 N–H and O–H groups in total. The maximum Gasteiger partial charge on any atom is 0.215 e. The van der Waals surface area contributed by atoms with Crippen molar-refractivity contribution in [3.8, 4) is 0 Å². The Balaban J connectivity index is 2.84. The molecule has 0 heterocycles. The number of hydrogen-bond acceptors (Lipinski definition) is 3. The molecule has 0 rings (SSSR count). The maximum atomic E-state index is 10.3. The molecule has 0 atom stereocenters. The quantitative estimate of drug-likeness (QED) is 0.357. The zero-order chi connectivity index (χ0) is 7.82. The molecule has 0 aliphatic rings. The van der Waals surface area contributed by atoms with Crippen LogP contribution in [0.2, 0.25) is 0 Å². The predicted molar refractivity (Wildman–Crippen MR) is 41.8 cm³/mol. The van der Waals surface area contributed by atoms with E-state index in [0.29, 0.717) is 26.3 Å². The lowest BCUT2D eigenvalue weighted by Gasteiger charge is -2.02. The summed E-state index contributed by atoms with van der Waals surface area (Å²) in [5, 5.41) is 2.60. The zero-order valence-corrected chi connectivity index (χ0v) is 6.22. The molecule has 0 aliphatic heterocycles. The fourth-order valence-corrected chi connectivity index (χ4v) is 0.485. The highest BCUT2D eigenvalue weighted by Gasteiger charge is 1.88. The van der Waals surface area contributed by atoms with Gasteiger partial charge in [-0.15, -0.1) is 0 Å². The molecule has 0 aromatic carbocycles. The van der Waals surface area contributed by atoms with Gasteiger partial charge < -0.3 is 15.8 Å². The second-order valence-electron chi connectivity index (χ2n) is 1.88. The van der Waals surface area contributed by atoms with Gasteiger partial charge in [0.2, 0.25) is 7.85 Å². The first-order valence-corrected chi connectivity index (χ1v) is 3.29. The van der Waals surface area contributed by atoms with Crippen molar-refractivity contribution in [2.45, 2.75) is 0 Å². The van der Waals surface area contributed by atoms with Crippen molar-refractivity contribution in [1.82, 2.24) is 5.32 Å². The number of ether oxygens (including phenoxy) is 1. The van der Waals surface area contributed by atoms with Crippen LogP contribution in [0.4, 0.5) is 4.79 Å². The van der Waals surface area contributed by atoms with Crippen molar-refractivity contribution in [2.75, 3.05) is 26.3 Å². The molecule has 4 nitrogen and oxygen atoms in total. The van der Waals surface area contributed by atoms with Gasteiger partial charge in [-0.1, -0.05) is 0 Å². The maximum absolute atomic E-state index is 10.3. The molecular formula is C5H13BN2O2. The van der Waals surface area contributed by atoms with Crippen LogP contribution in [0.15, 0.2) is 0 Å². The first kappa shape index (κ1) is 9.45. The fraction of sp³-hybridized carbons (Fsp3) is 0.800. The van der Waals surface area contributed by atoms with Gasteiger partial charge in [-0.25, -0.2) is 0 Å². The Hall–Kier alpha value is -0.545.